The first kappa shape index (κ1) is 11.2. The van der Waals surface area contributed by atoms with E-state index in [2.05, 4.69) is 4.98 Å². The summed E-state index contributed by atoms with van der Waals surface area (Å²) in [5, 5.41) is 0.970. The minimum atomic E-state index is -0.290. The summed E-state index contributed by atoms with van der Waals surface area (Å²) in [5.74, 6) is -0.214. The largest absolute Gasteiger partial charge is 0.320 e. The molecule has 0 aliphatic rings. The van der Waals surface area contributed by atoms with Gasteiger partial charge >= 0.3 is 0 Å². The van der Waals surface area contributed by atoms with Crippen LogP contribution in [0.1, 0.15) is 27.1 Å². The molecule has 2 N–H and O–H groups in total. The van der Waals surface area contributed by atoms with Crippen LogP contribution < -0.4 is 5.73 Å². The fourth-order valence-electron chi connectivity index (χ4n) is 1.49. The number of hydrogen-bond donors (Lipinski definition) is 1. The minimum Gasteiger partial charge on any atom is -0.320 e. The Balaban J connectivity index is 2.33. The first-order chi connectivity index (χ1) is 7.58. The molecule has 84 valence electrons. The van der Waals surface area contributed by atoms with Crippen molar-refractivity contribution in [3.63, 3.8) is 0 Å². The van der Waals surface area contributed by atoms with Gasteiger partial charge in [0.05, 0.1) is 11.0 Å². The monoisotopic (exact) mass is 236 g/mol. The number of hydrogen-bond acceptors (Lipinski definition) is 3. The normalized spacial score (nSPS) is 12.8. The standard InChI is InChI=1S/C12H13FN2S/c1-7-3-4-9(5-10(7)13)12(14)11-6-15-8(2)16-11/h3-6,12H,14H2,1-2H3. The van der Waals surface area contributed by atoms with E-state index < -0.39 is 0 Å². The highest BCUT2D eigenvalue weighted by Crippen LogP contribution is 2.25. The fraction of sp³-hybridized carbons (Fsp3) is 0.250. The third kappa shape index (κ3) is 2.13. The summed E-state index contributed by atoms with van der Waals surface area (Å²) in [6, 6.07) is 4.81. The van der Waals surface area contributed by atoms with Gasteiger partial charge in [0.15, 0.2) is 0 Å². The SMILES string of the molecule is Cc1ncc(C(N)c2ccc(C)c(F)c2)s1. The van der Waals surface area contributed by atoms with E-state index in [9.17, 15) is 4.39 Å². The Bertz CT molecular complexity index is 507. The zero-order valence-corrected chi connectivity index (χ0v) is 10.0. The number of nitrogens with two attached hydrogens (primary N) is 1. The Labute approximate surface area is 97.9 Å². The average molecular weight is 236 g/mol. The van der Waals surface area contributed by atoms with E-state index in [0.29, 0.717) is 5.56 Å². The molecule has 1 atom stereocenters. The summed E-state index contributed by atoms with van der Waals surface area (Å²) in [7, 11) is 0. The maximum Gasteiger partial charge on any atom is 0.126 e. The van der Waals surface area contributed by atoms with Crippen molar-refractivity contribution in [1.29, 1.82) is 0 Å². The lowest BCUT2D eigenvalue weighted by molar-refractivity contribution is 0.614. The lowest BCUT2D eigenvalue weighted by Gasteiger charge is -2.10. The zero-order valence-electron chi connectivity index (χ0n) is 9.20. The third-order valence-electron chi connectivity index (χ3n) is 2.50. The Hall–Kier alpha value is -1.26. The topological polar surface area (TPSA) is 38.9 Å². The molecule has 2 nitrogen and oxygen atoms in total. The van der Waals surface area contributed by atoms with E-state index in [-0.39, 0.29) is 11.9 Å². The zero-order chi connectivity index (χ0) is 11.7. The van der Waals surface area contributed by atoms with E-state index in [1.54, 1.807) is 30.5 Å². The van der Waals surface area contributed by atoms with Gasteiger partial charge in [0, 0.05) is 11.1 Å². The van der Waals surface area contributed by atoms with Gasteiger partial charge in [-0.15, -0.1) is 11.3 Å². The lowest BCUT2D eigenvalue weighted by atomic mass is 10.0. The molecule has 1 unspecified atom stereocenters. The smallest absolute Gasteiger partial charge is 0.126 e. The van der Waals surface area contributed by atoms with Crippen molar-refractivity contribution >= 4 is 11.3 Å². The number of aromatic nitrogens is 1. The summed E-state index contributed by atoms with van der Waals surface area (Å²) in [5.41, 5.74) is 7.47. The van der Waals surface area contributed by atoms with Crippen molar-refractivity contribution in [3.05, 3.63) is 51.2 Å². The second-order valence-corrected chi connectivity index (χ2v) is 5.03. The first-order valence-corrected chi connectivity index (χ1v) is 5.83. The molecule has 0 radical (unpaired) electrons. The average Bonchev–Trinajstić information content (AvgIpc) is 2.68. The maximum absolute atomic E-state index is 13.4. The molecule has 0 aliphatic heterocycles. The molecule has 0 saturated heterocycles. The predicted octanol–water partition coefficient (Wildman–Crippen LogP) is 2.95. The van der Waals surface area contributed by atoms with Crippen LogP contribution in [0.15, 0.2) is 24.4 Å². The van der Waals surface area contributed by atoms with Crippen molar-refractivity contribution in [3.8, 4) is 0 Å². The van der Waals surface area contributed by atoms with Gasteiger partial charge in [-0.25, -0.2) is 9.37 Å². The lowest BCUT2D eigenvalue weighted by Crippen LogP contribution is -2.10. The molecule has 1 aromatic carbocycles. The van der Waals surface area contributed by atoms with Crippen molar-refractivity contribution in [2.45, 2.75) is 19.9 Å². The second kappa shape index (κ2) is 4.31. The summed E-state index contributed by atoms with van der Waals surface area (Å²) in [6.45, 7) is 3.66. The van der Waals surface area contributed by atoms with Crippen LogP contribution in [0.25, 0.3) is 0 Å². The molecule has 2 rings (SSSR count). The van der Waals surface area contributed by atoms with Gasteiger partial charge in [0.2, 0.25) is 0 Å². The molecule has 1 aromatic heterocycles. The van der Waals surface area contributed by atoms with Gasteiger partial charge in [-0.05, 0) is 31.0 Å². The Morgan fingerprint density at radius 2 is 2.12 bits per heavy atom. The third-order valence-corrected chi connectivity index (χ3v) is 3.50. The summed E-state index contributed by atoms with van der Waals surface area (Å²) in [4.78, 5) is 5.11. The molecule has 0 spiro atoms. The Kier molecular flexibility index (Phi) is 3.03. The Morgan fingerprint density at radius 1 is 1.38 bits per heavy atom. The first-order valence-electron chi connectivity index (χ1n) is 5.02. The molecular formula is C12H13FN2S. The molecule has 0 saturated carbocycles. The summed E-state index contributed by atoms with van der Waals surface area (Å²) >= 11 is 1.54. The van der Waals surface area contributed by atoms with Crippen LogP contribution in [0, 0.1) is 19.7 Å². The molecule has 0 aliphatic carbocycles. The van der Waals surface area contributed by atoms with Gasteiger partial charge in [-0.3, -0.25) is 0 Å². The van der Waals surface area contributed by atoms with Crippen molar-refractivity contribution in [1.82, 2.24) is 4.98 Å². The van der Waals surface area contributed by atoms with E-state index in [0.717, 1.165) is 15.4 Å². The van der Waals surface area contributed by atoms with Gasteiger partial charge in [-0.2, -0.15) is 0 Å². The molecule has 0 bridgehead atoms. The fourth-order valence-corrected chi connectivity index (χ4v) is 2.30. The molecule has 1 heterocycles. The summed E-state index contributed by atoms with van der Waals surface area (Å²) < 4.78 is 13.4. The molecule has 2 aromatic rings. The second-order valence-electron chi connectivity index (χ2n) is 3.77. The van der Waals surface area contributed by atoms with E-state index in [1.807, 2.05) is 13.0 Å². The van der Waals surface area contributed by atoms with Crippen LogP contribution in [0.2, 0.25) is 0 Å². The maximum atomic E-state index is 13.4. The minimum absolute atomic E-state index is 0.214. The van der Waals surface area contributed by atoms with Crippen molar-refractivity contribution in [2.75, 3.05) is 0 Å². The van der Waals surface area contributed by atoms with Gasteiger partial charge in [0.25, 0.3) is 0 Å². The number of thiazole rings is 1. The summed E-state index contributed by atoms with van der Waals surface area (Å²) in [6.07, 6.45) is 1.75. The van der Waals surface area contributed by atoms with Gasteiger partial charge in [-0.1, -0.05) is 12.1 Å². The quantitative estimate of drug-likeness (QED) is 0.870. The number of aryl methyl sites for hydroxylation is 2. The van der Waals surface area contributed by atoms with Crippen molar-refractivity contribution in [2.24, 2.45) is 5.73 Å². The number of nitrogens with zero attached hydrogens (tertiary/aromatic N) is 1. The van der Waals surface area contributed by atoms with Crippen LogP contribution in [0.4, 0.5) is 4.39 Å². The van der Waals surface area contributed by atoms with Gasteiger partial charge < -0.3 is 5.73 Å². The molecule has 0 amide bonds. The van der Waals surface area contributed by atoms with Crippen LogP contribution in [-0.4, -0.2) is 4.98 Å². The number of halogens is 1. The molecule has 16 heavy (non-hydrogen) atoms. The van der Waals surface area contributed by atoms with Crippen molar-refractivity contribution < 1.29 is 4.39 Å². The van der Waals surface area contributed by atoms with Gasteiger partial charge in [0.1, 0.15) is 5.82 Å². The highest BCUT2D eigenvalue weighted by atomic mass is 32.1. The Morgan fingerprint density at radius 3 is 2.69 bits per heavy atom. The van der Waals surface area contributed by atoms with Crippen LogP contribution >= 0.6 is 11.3 Å². The molecular weight excluding hydrogens is 223 g/mol. The molecule has 4 heteroatoms. The van der Waals surface area contributed by atoms with E-state index in [4.69, 9.17) is 5.73 Å². The van der Waals surface area contributed by atoms with E-state index >= 15 is 0 Å². The van der Waals surface area contributed by atoms with Crippen LogP contribution in [0.5, 0.6) is 0 Å². The predicted molar refractivity (Wildman–Crippen MR) is 64.0 cm³/mol. The molecule has 0 fully saturated rings. The van der Waals surface area contributed by atoms with Crippen LogP contribution in [-0.2, 0) is 0 Å². The highest BCUT2D eigenvalue weighted by molar-refractivity contribution is 7.11. The van der Waals surface area contributed by atoms with E-state index in [1.165, 1.54) is 6.07 Å². The van der Waals surface area contributed by atoms with Crippen LogP contribution in [0.3, 0.4) is 0 Å². The number of rotatable bonds is 2. The number of benzene rings is 1. The highest BCUT2D eigenvalue weighted by Gasteiger charge is 2.12.